The van der Waals surface area contributed by atoms with Gasteiger partial charge >= 0.3 is 0 Å². The van der Waals surface area contributed by atoms with E-state index in [0.717, 1.165) is 39.6 Å². The van der Waals surface area contributed by atoms with E-state index in [0.29, 0.717) is 0 Å². The molecule has 0 fully saturated rings. The van der Waals surface area contributed by atoms with Crippen LogP contribution in [-0.2, 0) is 5.41 Å². The number of hydrogen-bond acceptors (Lipinski definition) is 3. The lowest BCUT2D eigenvalue weighted by Crippen LogP contribution is -2.25. The van der Waals surface area contributed by atoms with E-state index in [2.05, 4.69) is 166 Å². The third kappa shape index (κ3) is 4.36. The molecule has 6 aromatic carbocycles. The van der Waals surface area contributed by atoms with E-state index in [-0.39, 0.29) is 0 Å². The molecule has 8 aromatic rings. The third-order valence-electron chi connectivity index (χ3n) is 11.1. The fourth-order valence-electron chi connectivity index (χ4n) is 9.02. The molecule has 0 amide bonds. The van der Waals surface area contributed by atoms with Crippen LogP contribution in [0.1, 0.15) is 39.3 Å². The first-order valence-corrected chi connectivity index (χ1v) is 17.9. The van der Waals surface area contributed by atoms with Crippen LogP contribution >= 0.6 is 0 Å². The summed E-state index contributed by atoms with van der Waals surface area (Å²) in [5.74, 6) is 0.748. The molecule has 52 heavy (non-hydrogen) atoms. The van der Waals surface area contributed by atoms with Crippen LogP contribution in [0.25, 0.3) is 67.0 Å². The number of nitrogens with zero attached hydrogens (tertiary/aromatic N) is 3. The maximum atomic E-state index is 5.03. The van der Waals surface area contributed by atoms with Crippen molar-refractivity contribution in [3.05, 3.63) is 197 Å². The lowest BCUT2D eigenvalue weighted by molar-refractivity contribution is 0.794. The quantitative estimate of drug-likeness (QED) is 0.188. The van der Waals surface area contributed by atoms with E-state index < -0.39 is 5.41 Å². The Kier molecular flexibility index (Phi) is 6.74. The molecule has 3 nitrogen and oxygen atoms in total. The van der Waals surface area contributed by atoms with Gasteiger partial charge < -0.3 is 0 Å². The molecular weight excluding hydrogens is 631 g/mol. The normalized spacial score (nSPS) is 13.1. The van der Waals surface area contributed by atoms with Gasteiger partial charge in [0.2, 0.25) is 0 Å². The molecule has 10 rings (SSSR count). The number of aromatic nitrogens is 3. The van der Waals surface area contributed by atoms with Crippen LogP contribution < -0.4 is 0 Å². The smallest absolute Gasteiger partial charge is 0.126 e. The Morgan fingerprint density at radius 3 is 1.73 bits per heavy atom. The molecule has 2 aromatic heterocycles. The highest BCUT2D eigenvalue weighted by atomic mass is 14.9. The lowest BCUT2D eigenvalue weighted by Gasteiger charge is -2.31. The lowest BCUT2D eigenvalue weighted by atomic mass is 9.70. The molecule has 0 bridgehead atoms. The van der Waals surface area contributed by atoms with Crippen molar-refractivity contribution in [3.63, 3.8) is 0 Å². The Bertz CT molecular complexity index is 2660. The second kappa shape index (κ2) is 11.5. The molecule has 3 heteroatoms. The van der Waals surface area contributed by atoms with Gasteiger partial charge in [-0.15, -0.1) is 0 Å². The molecular formula is C49H35N3. The van der Waals surface area contributed by atoms with Gasteiger partial charge in [-0.1, -0.05) is 127 Å². The number of benzene rings is 6. The molecule has 1 spiro atoms. The SMILES string of the molecule is Cc1nc(-c2ccc3c(c2)-c2ccc(-c4c(C)ccnc4C)cc2C32c3ccccc3-c3ccccc32)cc(-c2ccccc2-c2ccccc2)n1. The van der Waals surface area contributed by atoms with E-state index in [9.17, 15) is 0 Å². The van der Waals surface area contributed by atoms with Crippen molar-refractivity contribution in [1.29, 1.82) is 0 Å². The Hall–Kier alpha value is -6.45. The van der Waals surface area contributed by atoms with Crippen molar-refractivity contribution < 1.29 is 0 Å². The van der Waals surface area contributed by atoms with E-state index in [1.807, 2.05) is 13.1 Å². The van der Waals surface area contributed by atoms with Crippen molar-refractivity contribution in [2.75, 3.05) is 0 Å². The van der Waals surface area contributed by atoms with Crippen molar-refractivity contribution in [2.45, 2.75) is 26.2 Å². The van der Waals surface area contributed by atoms with Gasteiger partial charge in [-0.05, 0) is 112 Å². The van der Waals surface area contributed by atoms with E-state index in [4.69, 9.17) is 15.0 Å². The van der Waals surface area contributed by atoms with Crippen LogP contribution in [0, 0.1) is 20.8 Å². The maximum Gasteiger partial charge on any atom is 0.126 e. The van der Waals surface area contributed by atoms with Crippen LogP contribution in [0.5, 0.6) is 0 Å². The fourth-order valence-corrected chi connectivity index (χ4v) is 9.02. The van der Waals surface area contributed by atoms with Crippen LogP contribution in [0.15, 0.2) is 158 Å². The highest BCUT2D eigenvalue weighted by Crippen LogP contribution is 2.63. The summed E-state index contributed by atoms with van der Waals surface area (Å²) in [6.45, 7) is 6.29. The molecule has 2 aliphatic rings. The zero-order valence-electron chi connectivity index (χ0n) is 29.4. The minimum Gasteiger partial charge on any atom is -0.261 e. The van der Waals surface area contributed by atoms with Crippen LogP contribution in [0.2, 0.25) is 0 Å². The number of rotatable bonds is 4. The topological polar surface area (TPSA) is 38.7 Å². The van der Waals surface area contributed by atoms with Crippen molar-refractivity contribution in [3.8, 4) is 67.0 Å². The number of hydrogen-bond donors (Lipinski definition) is 0. The highest BCUT2D eigenvalue weighted by Gasteiger charge is 2.51. The Labute approximate surface area is 304 Å². The van der Waals surface area contributed by atoms with Gasteiger partial charge in [0.15, 0.2) is 0 Å². The summed E-state index contributed by atoms with van der Waals surface area (Å²) in [6.07, 6.45) is 1.91. The Morgan fingerprint density at radius 1 is 0.404 bits per heavy atom. The Morgan fingerprint density at radius 2 is 1.00 bits per heavy atom. The van der Waals surface area contributed by atoms with Gasteiger partial charge in [-0.25, -0.2) is 9.97 Å². The third-order valence-corrected chi connectivity index (χ3v) is 11.1. The second-order valence-electron chi connectivity index (χ2n) is 14.0. The molecule has 0 saturated heterocycles. The summed E-state index contributed by atoms with van der Waals surface area (Å²) < 4.78 is 0. The van der Waals surface area contributed by atoms with Crippen LogP contribution in [-0.4, -0.2) is 15.0 Å². The first kappa shape index (κ1) is 30.4. The first-order valence-electron chi connectivity index (χ1n) is 17.9. The van der Waals surface area contributed by atoms with Crippen LogP contribution in [0.4, 0.5) is 0 Å². The zero-order valence-corrected chi connectivity index (χ0v) is 29.4. The number of fused-ring (bicyclic) bond motifs is 10. The van der Waals surface area contributed by atoms with Crippen LogP contribution in [0.3, 0.4) is 0 Å². The van der Waals surface area contributed by atoms with Crippen molar-refractivity contribution in [1.82, 2.24) is 15.0 Å². The standard InChI is InChI=1S/C49H35N3/c1-30-25-26-50-31(2)48(30)35-21-23-39-41-27-34(46-29-47(52-32(3)51-46)40-18-8-7-15-36(40)33-13-5-4-6-14-33)22-24-44(41)49(45(39)28-35)42-19-11-9-16-37(42)38-17-10-12-20-43(38)49/h4-29H,1-3H3. The van der Waals surface area contributed by atoms with Gasteiger partial charge in [0.05, 0.1) is 16.8 Å². The van der Waals surface area contributed by atoms with Crippen molar-refractivity contribution in [2.24, 2.45) is 0 Å². The molecule has 2 aliphatic carbocycles. The maximum absolute atomic E-state index is 5.03. The van der Waals surface area contributed by atoms with Gasteiger partial charge in [0.25, 0.3) is 0 Å². The molecule has 0 atom stereocenters. The zero-order chi connectivity index (χ0) is 35.0. The largest absolute Gasteiger partial charge is 0.261 e. The summed E-state index contributed by atoms with van der Waals surface area (Å²) in [6, 6.07) is 55.3. The average molecular weight is 666 g/mol. The predicted molar refractivity (Wildman–Crippen MR) is 212 cm³/mol. The molecule has 2 heterocycles. The average Bonchev–Trinajstić information content (AvgIpc) is 3.64. The van der Waals surface area contributed by atoms with Gasteiger partial charge in [-0.3, -0.25) is 4.98 Å². The van der Waals surface area contributed by atoms with Gasteiger partial charge in [0.1, 0.15) is 5.82 Å². The summed E-state index contributed by atoms with van der Waals surface area (Å²) in [5.41, 5.74) is 21.0. The molecule has 0 saturated carbocycles. The van der Waals surface area contributed by atoms with Gasteiger partial charge in [0, 0.05) is 28.6 Å². The Balaban J connectivity index is 1.20. The molecule has 0 aliphatic heterocycles. The number of aryl methyl sites for hydroxylation is 3. The monoisotopic (exact) mass is 665 g/mol. The molecule has 0 N–H and O–H groups in total. The molecule has 0 unspecified atom stereocenters. The van der Waals surface area contributed by atoms with E-state index in [1.165, 1.54) is 66.8 Å². The highest BCUT2D eigenvalue weighted by molar-refractivity contribution is 5.97. The minimum absolute atomic E-state index is 0.447. The predicted octanol–water partition coefficient (Wildman–Crippen LogP) is 11.8. The van der Waals surface area contributed by atoms with E-state index in [1.54, 1.807) is 0 Å². The summed E-state index contributed by atoms with van der Waals surface area (Å²) in [7, 11) is 0. The second-order valence-corrected chi connectivity index (χ2v) is 14.0. The fraction of sp³-hybridized carbons (Fsp3) is 0.0816. The minimum atomic E-state index is -0.447. The summed E-state index contributed by atoms with van der Waals surface area (Å²) >= 11 is 0. The first-order chi connectivity index (χ1) is 25.5. The number of pyridine rings is 1. The molecule has 0 radical (unpaired) electrons. The summed E-state index contributed by atoms with van der Waals surface area (Å²) in [5, 5.41) is 0. The van der Waals surface area contributed by atoms with E-state index >= 15 is 0 Å². The molecule has 246 valence electrons. The van der Waals surface area contributed by atoms with Crippen molar-refractivity contribution >= 4 is 0 Å². The van der Waals surface area contributed by atoms with Gasteiger partial charge in [-0.2, -0.15) is 0 Å². The summed E-state index contributed by atoms with van der Waals surface area (Å²) in [4.78, 5) is 14.7.